The Balaban J connectivity index is 1.81. The number of pyridine rings is 1. The van der Waals surface area contributed by atoms with E-state index in [1.54, 1.807) is 19.4 Å². The van der Waals surface area contributed by atoms with Crippen molar-refractivity contribution in [2.45, 2.75) is 46.5 Å². The van der Waals surface area contributed by atoms with Crippen molar-refractivity contribution < 1.29 is 14.3 Å². The summed E-state index contributed by atoms with van der Waals surface area (Å²) in [6.07, 6.45) is 2.91. The van der Waals surface area contributed by atoms with Crippen LogP contribution in [0.2, 0.25) is 0 Å². The van der Waals surface area contributed by atoms with Crippen molar-refractivity contribution in [3.63, 3.8) is 0 Å². The number of Topliss-reactive ketones (excluding diaryl/α,β-unsaturated/α-hetero) is 1. The smallest absolute Gasteiger partial charge is 0.255 e. The molecule has 0 radical (unpaired) electrons. The minimum atomic E-state index is -0.476. The standard InChI is InChI=1S/C26H29N3O3/c1-15-9-10-21(27-14-15)29-25(31)22-16(2)28-19-12-26(3,4)13-20(30)24(19)23(22)17-7-6-8-18(11-17)32-5/h6-11,14,23,28H,12-13H2,1-5H3,(H,27,29,31)/t23-/m1/s1. The number of rotatable bonds is 4. The fourth-order valence-corrected chi connectivity index (χ4v) is 4.62. The summed E-state index contributed by atoms with van der Waals surface area (Å²) in [5.41, 5.74) is 4.57. The summed E-state index contributed by atoms with van der Waals surface area (Å²) in [4.78, 5) is 31.2. The highest BCUT2D eigenvalue weighted by molar-refractivity contribution is 6.09. The number of ether oxygens (including phenoxy) is 1. The van der Waals surface area contributed by atoms with Crippen LogP contribution in [-0.4, -0.2) is 23.8 Å². The summed E-state index contributed by atoms with van der Waals surface area (Å²) in [6.45, 7) is 8.03. The Morgan fingerprint density at radius 1 is 1.19 bits per heavy atom. The van der Waals surface area contributed by atoms with Crippen LogP contribution in [-0.2, 0) is 9.59 Å². The predicted octanol–water partition coefficient (Wildman–Crippen LogP) is 4.64. The maximum absolute atomic E-state index is 13.5. The van der Waals surface area contributed by atoms with Gasteiger partial charge in [-0.2, -0.15) is 0 Å². The molecule has 32 heavy (non-hydrogen) atoms. The Morgan fingerprint density at radius 3 is 2.66 bits per heavy atom. The van der Waals surface area contributed by atoms with E-state index in [9.17, 15) is 9.59 Å². The van der Waals surface area contributed by atoms with E-state index in [1.165, 1.54) is 0 Å². The molecule has 1 aromatic heterocycles. The Hall–Kier alpha value is -3.41. The second-order valence-electron chi connectivity index (χ2n) is 9.38. The van der Waals surface area contributed by atoms with E-state index < -0.39 is 5.92 Å². The summed E-state index contributed by atoms with van der Waals surface area (Å²) < 4.78 is 5.43. The Bertz CT molecular complexity index is 1140. The third-order valence-electron chi connectivity index (χ3n) is 6.06. The highest BCUT2D eigenvalue weighted by Crippen LogP contribution is 2.47. The van der Waals surface area contributed by atoms with Gasteiger partial charge in [0.15, 0.2) is 5.78 Å². The second-order valence-corrected chi connectivity index (χ2v) is 9.38. The fraction of sp³-hybridized carbons (Fsp3) is 0.346. The maximum atomic E-state index is 13.5. The first-order valence-electron chi connectivity index (χ1n) is 10.8. The first kappa shape index (κ1) is 21.8. The van der Waals surface area contributed by atoms with E-state index in [1.807, 2.05) is 44.2 Å². The molecule has 4 rings (SSSR count). The van der Waals surface area contributed by atoms with E-state index >= 15 is 0 Å². The van der Waals surface area contributed by atoms with Crippen LogP contribution in [0, 0.1) is 12.3 Å². The third-order valence-corrected chi connectivity index (χ3v) is 6.06. The molecule has 2 heterocycles. The number of ketones is 1. The van der Waals surface area contributed by atoms with Gasteiger partial charge in [0.05, 0.1) is 7.11 Å². The second kappa shape index (κ2) is 8.26. The van der Waals surface area contributed by atoms with Gasteiger partial charge in [-0.25, -0.2) is 4.98 Å². The first-order valence-corrected chi connectivity index (χ1v) is 10.8. The molecule has 2 aromatic rings. The van der Waals surface area contributed by atoms with E-state index in [0.29, 0.717) is 29.1 Å². The van der Waals surface area contributed by atoms with Crippen molar-refractivity contribution in [2.75, 3.05) is 12.4 Å². The van der Waals surface area contributed by atoms with Crippen LogP contribution in [0.3, 0.4) is 0 Å². The molecule has 0 spiro atoms. The monoisotopic (exact) mass is 431 g/mol. The minimum Gasteiger partial charge on any atom is -0.497 e. The highest BCUT2D eigenvalue weighted by Gasteiger charge is 2.42. The highest BCUT2D eigenvalue weighted by atomic mass is 16.5. The lowest BCUT2D eigenvalue weighted by molar-refractivity contribution is -0.118. The molecule has 1 aliphatic carbocycles. The molecular weight excluding hydrogens is 402 g/mol. The van der Waals surface area contributed by atoms with Gasteiger partial charge in [0, 0.05) is 41.1 Å². The van der Waals surface area contributed by atoms with Crippen LogP contribution >= 0.6 is 0 Å². The molecule has 166 valence electrons. The lowest BCUT2D eigenvalue weighted by Crippen LogP contribution is -2.39. The summed E-state index contributed by atoms with van der Waals surface area (Å²) in [7, 11) is 1.61. The Morgan fingerprint density at radius 2 is 1.97 bits per heavy atom. The van der Waals surface area contributed by atoms with Gasteiger partial charge in [-0.15, -0.1) is 0 Å². The van der Waals surface area contributed by atoms with Crippen LogP contribution < -0.4 is 15.4 Å². The van der Waals surface area contributed by atoms with E-state index in [2.05, 4.69) is 29.5 Å². The zero-order valence-electron chi connectivity index (χ0n) is 19.2. The molecule has 0 fully saturated rings. The van der Waals surface area contributed by atoms with Crippen LogP contribution in [0.5, 0.6) is 5.75 Å². The summed E-state index contributed by atoms with van der Waals surface area (Å²) >= 11 is 0. The van der Waals surface area contributed by atoms with Crippen molar-refractivity contribution in [3.8, 4) is 5.75 Å². The van der Waals surface area contributed by atoms with E-state index in [4.69, 9.17) is 4.74 Å². The van der Waals surface area contributed by atoms with Crippen LogP contribution in [0.15, 0.2) is 65.1 Å². The third kappa shape index (κ3) is 4.17. The maximum Gasteiger partial charge on any atom is 0.255 e. The van der Waals surface area contributed by atoms with Gasteiger partial charge in [-0.1, -0.05) is 32.0 Å². The van der Waals surface area contributed by atoms with Crippen LogP contribution in [0.1, 0.15) is 50.7 Å². The van der Waals surface area contributed by atoms with Gasteiger partial charge < -0.3 is 15.4 Å². The van der Waals surface area contributed by atoms with E-state index in [-0.39, 0.29) is 17.1 Å². The molecular formula is C26H29N3O3. The zero-order valence-corrected chi connectivity index (χ0v) is 19.2. The number of aromatic nitrogens is 1. The first-order chi connectivity index (χ1) is 15.2. The number of dihydropyridines is 1. The molecule has 2 aliphatic rings. The van der Waals surface area contributed by atoms with Gasteiger partial charge in [0.2, 0.25) is 0 Å². The molecule has 1 amide bonds. The van der Waals surface area contributed by atoms with Gasteiger partial charge in [0.1, 0.15) is 11.6 Å². The summed E-state index contributed by atoms with van der Waals surface area (Å²) in [5, 5.41) is 6.30. The number of hydrogen-bond donors (Lipinski definition) is 2. The lowest BCUT2D eigenvalue weighted by Gasteiger charge is -2.39. The number of carbonyl (C=O) groups excluding carboxylic acids is 2. The number of anilines is 1. The Labute approximate surface area is 188 Å². The molecule has 2 N–H and O–H groups in total. The molecule has 6 nitrogen and oxygen atoms in total. The van der Waals surface area contributed by atoms with Crippen molar-refractivity contribution in [2.24, 2.45) is 5.41 Å². The van der Waals surface area contributed by atoms with Crippen molar-refractivity contribution in [1.29, 1.82) is 0 Å². The molecule has 0 unspecified atom stereocenters. The number of hydrogen-bond acceptors (Lipinski definition) is 5. The topological polar surface area (TPSA) is 80.3 Å². The Kier molecular flexibility index (Phi) is 5.63. The van der Waals surface area contributed by atoms with Crippen molar-refractivity contribution in [1.82, 2.24) is 10.3 Å². The molecule has 0 saturated heterocycles. The molecule has 1 aromatic carbocycles. The van der Waals surface area contributed by atoms with Crippen LogP contribution in [0.25, 0.3) is 0 Å². The average molecular weight is 432 g/mol. The van der Waals surface area contributed by atoms with Crippen molar-refractivity contribution in [3.05, 3.63) is 76.3 Å². The van der Waals surface area contributed by atoms with Gasteiger partial charge >= 0.3 is 0 Å². The predicted molar refractivity (Wildman–Crippen MR) is 124 cm³/mol. The number of aryl methyl sites for hydroxylation is 1. The molecule has 0 saturated carbocycles. The number of methoxy groups -OCH3 is 1. The summed E-state index contributed by atoms with van der Waals surface area (Å²) in [5.74, 6) is 0.479. The lowest BCUT2D eigenvalue weighted by atomic mass is 9.68. The number of nitrogens with one attached hydrogen (secondary N) is 2. The number of amides is 1. The zero-order chi connectivity index (χ0) is 23.0. The van der Waals surface area contributed by atoms with Crippen LogP contribution in [0.4, 0.5) is 5.82 Å². The minimum absolute atomic E-state index is 0.0721. The van der Waals surface area contributed by atoms with Gasteiger partial charge in [-0.05, 0) is 55.0 Å². The molecule has 0 bridgehead atoms. The number of allylic oxidation sites excluding steroid dienone is 3. The molecule has 1 aliphatic heterocycles. The van der Waals surface area contributed by atoms with Gasteiger partial charge in [-0.3, -0.25) is 9.59 Å². The largest absolute Gasteiger partial charge is 0.497 e. The van der Waals surface area contributed by atoms with Crippen molar-refractivity contribution >= 4 is 17.5 Å². The quantitative estimate of drug-likeness (QED) is 0.737. The van der Waals surface area contributed by atoms with Gasteiger partial charge in [0.25, 0.3) is 5.91 Å². The average Bonchev–Trinajstić information content (AvgIpc) is 2.73. The fourth-order valence-electron chi connectivity index (χ4n) is 4.62. The molecule has 6 heteroatoms. The number of benzene rings is 1. The van der Waals surface area contributed by atoms with E-state index in [0.717, 1.165) is 28.9 Å². The number of nitrogens with zero attached hydrogens (tertiary/aromatic N) is 1. The normalized spacial score (nSPS) is 19.9. The number of carbonyl (C=O) groups is 2. The molecule has 1 atom stereocenters. The summed E-state index contributed by atoms with van der Waals surface area (Å²) in [6, 6.07) is 11.3. The SMILES string of the molecule is COc1cccc([C@@H]2C(C(=O)Nc3ccc(C)cn3)=C(C)NC3=C2C(=O)CC(C)(C)C3)c1.